The van der Waals surface area contributed by atoms with Crippen LogP contribution in [0.4, 0.5) is 0 Å². The Morgan fingerprint density at radius 2 is 2.29 bits per heavy atom. The Hall–Kier alpha value is -0.460. The highest BCUT2D eigenvalue weighted by molar-refractivity contribution is 9.12. The fourth-order valence-corrected chi connectivity index (χ4v) is 1.31. The van der Waals surface area contributed by atoms with Gasteiger partial charge in [0.25, 0.3) is 5.88 Å². The predicted molar refractivity (Wildman–Crippen MR) is 55.6 cm³/mol. The van der Waals surface area contributed by atoms with E-state index in [-0.39, 0.29) is 20.6 Å². The summed E-state index contributed by atoms with van der Waals surface area (Å²) in [6.45, 7) is 0.882. The number of rotatable bonds is 2. The minimum atomic E-state index is -0.653. The lowest BCUT2D eigenvalue weighted by Crippen LogP contribution is -2.13. The van der Waals surface area contributed by atoms with Gasteiger partial charge in [-0.15, -0.1) is 0 Å². The maximum atomic E-state index is 10.7. The Labute approximate surface area is 98.0 Å². The summed E-state index contributed by atoms with van der Waals surface area (Å²) in [5.74, 6) is 0.0394. The van der Waals surface area contributed by atoms with E-state index in [4.69, 9.17) is 27.9 Å². The highest BCUT2D eigenvalue weighted by Gasteiger charge is 2.28. The Kier molecular flexibility index (Phi) is 4.03. The maximum absolute atomic E-state index is 10.7. The molecule has 1 saturated heterocycles. The fraction of sp³-hybridized carbons (Fsp3) is 0.333. The summed E-state index contributed by atoms with van der Waals surface area (Å²) in [5, 5.41) is 13.2. The number of halogens is 3. The van der Waals surface area contributed by atoms with Crippen molar-refractivity contribution in [3.63, 3.8) is 0 Å². The molecule has 1 rings (SSSR count). The van der Waals surface area contributed by atoms with Gasteiger partial charge in [-0.05, 0) is 15.9 Å². The van der Waals surface area contributed by atoms with Gasteiger partial charge in [-0.3, -0.25) is 10.1 Å². The van der Waals surface area contributed by atoms with Crippen LogP contribution in [0.15, 0.2) is 20.6 Å². The van der Waals surface area contributed by atoms with Crippen LogP contribution in [0.3, 0.4) is 0 Å². The first kappa shape index (κ1) is 11.6. The third-order valence-corrected chi connectivity index (χ3v) is 2.68. The topological polar surface area (TPSA) is 64.4 Å². The van der Waals surface area contributed by atoms with Crippen LogP contribution in [-0.2, 0) is 4.74 Å². The molecule has 78 valence electrons. The molecule has 0 unspecified atom stereocenters. The first-order valence-corrected chi connectivity index (χ1v) is 5.05. The summed E-state index contributed by atoms with van der Waals surface area (Å²) in [5.41, 5.74) is -0.369. The van der Waals surface area contributed by atoms with E-state index in [1.165, 1.54) is 0 Å². The summed E-state index contributed by atoms with van der Waals surface area (Å²) in [6, 6.07) is 0. The van der Waals surface area contributed by atoms with E-state index in [1.807, 2.05) is 0 Å². The lowest BCUT2D eigenvalue weighted by Gasteiger charge is -2.01. The Bertz CT molecular complexity index is 317. The highest BCUT2D eigenvalue weighted by Crippen LogP contribution is 2.29. The monoisotopic (exact) mass is 302 g/mol. The zero-order valence-corrected chi connectivity index (χ0v) is 9.82. The van der Waals surface area contributed by atoms with Crippen LogP contribution in [0.1, 0.15) is 0 Å². The average Bonchev–Trinajstić information content (AvgIpc) is 2.56. The van der Waals surface area contributed by atoms with Gasteiger partial charge < -0.3 is 10.1 Å². The molecule has 0 aliphatic carbocycles. The number of allylic oxidation sites excluding steroid dienone is 1. The highest BCUT2D eigenvalue weighted by atomic mass is 79.9. The van der Waals surface area contributed by atoms with Gasteiger partial charge in [0, 0.05) is 0 Å². The normalized spacial score (nSPS) is 20.8. The Morgan fingerprint density at radius 3 is 2.64 bits per heavy atom. The maximum Gasteiger partial charge on any atom is 0.348 e. The summed E-state index contributed by atoms with van der Waals surface area (Å²) in [4.78, 5) is 10.0. The van der Waals surface area contributed by atoms with Gasteiger partial charge in [0.05, 0.1) is 11.5 Å². The van der Waals surface area contributed by atoms with E-state index < -0.39 is 4.92 Å². The van der Waals surface area contributed by atoms with Crippen LogP contribution in [0.25, 0.3) is 0 Å². The number of nitrogens with zero attached hydrogens (tertiary/aromatic N) is 1. The van der Waals surface area contributed by atoms with Crippen LogP contribution < -0.4 is 5.32 Å². The van der Waals surface area contributed by atoms with E-state index in [9.17, 15) is 10.1 Å². The smallest absolute Gasteiger partial charge is 0.348 e. The van der Waals surface area contributed by atoms with Gasteiger partial charge in [-0.2, -0.15) is 0 Å². The van der Waals surface area contributed by atoms with Crippen molar-refractivity contribution < 1.29 is 9.66 Å². The molecule has 0 radical (unpaired) electrons. The number of nitrogens with one attached hydrogen (secondary N) is 1. The lowest BCUT2D eigenvalue weighted by molar-refractivity contribution is -0.423. The summed E-state index contributed by atoms with van der Waals surface area (Å²) >= 11 is 14.0. The molecule has 0 saturated carbocycles. The summed E-state index contributed by atoms with van der Waals surface area (Å²) < 4.78 is 4.94. The SMILES string of the molecule is O=[N+]([O-])C(=C1/NCCO1)/C(Cl)=C(/Cl)Br. The fourth-order valence-electron chi connectivity index (χ4n) is 0.873. The molecular formula is C6H5BrCl2N2O3. The molecule has 0 atom stereocenters. The van der Waals surface area contributed by atoms with Crippen molar-refractivity contribution in [2.75, 3.05) is 13.2 Å². The van der Waals surface area contributed by atoms with E-state index in [2.05, 4.69) is 21.2 Å². The molecule has 14 heavy (non-hydrogen) atoms. The van der Waals surface area contributed by atoms with Crippen molar-refractivity contribution in [2.24, 2.45) is 0 Å². The Balaban J connectivity index is 3.13. The number of nitro groups is 1. The van der Waals surface area contributed by atoms with Crippen molar-refractivity contribution >= 4 is 39.1 Å². The van der Waals surface area contributed by atoms with Gasteiger partial charge >= 0.3 is 5.70 Å². The minimum absolute atomic E-state index is 0.0318. The van der Waals surface area contributed by atoms with Crippen LogP contribution in [0.5, 0.6) is 0 Å². The van der Waals surface area contributed by atoms with Crippen LogP contribution in [0, 0.1) is 10.1 Å². The first-order valence-electron chi connectivity index (χ1n) is 3.50. The summed E-state index contributed by atoms with van der Waals surface area (Å²) in [7, 11) is 0. The van der Waals surface area contributed by atoms with E-state index >= 15 is 0 Å². The molecule has 0 amide bonds. The molecule has 1 heterocycles. The van der Waals surface area contributed by atoms with Crippen molar-refractivity contribution in [3.8, 4) is 0 Å². The molecule has 0 aromatic carbocycles. The molecule has 1 aliphatic heterocycles. The zero-order valence-electron chi connectivity index (χ0n) is 6.72. The standard InChI is InChI=1S/C6H5BrCl2N2O3/c7-5(9)3(8)4(11(12)13)6-10-1-2-14-6/h10H,1-2H2/b5-3-,6-4-. The predicted octanol–water partition coefficient (Wildman–Crippen LogP) is 2.09. The third kappa shape index (κ3) is 2.52. The molecule has 8 heteroatoms. The van der Waals surface area contributed by atoms with E-state index in [0.717, 1.165) is 0 Å². The van der Waals surface area contributed by atoms with Gasteiger partial charge in [0.15, 0.2) is 0 Å². The first-order chi connectivity index (χ1) is 6.54. The van der Waals surface area contributed by atoms with Crippen LogP contribution >= 0.6 is 39.1 Å². The van der Waals surface area contributed by atoms with Gasteiger partial charge in [0.1, 0.15) is 15.6 Å². The van der Waals surface area contributed by atoms with Gasteiger partial charge in [0.2, 0.25) is 0 Å². The molecule has 0 aromatic rings. The number of hydrogen-bond donors (Lipinski definition) is 1. The summed E-state index contributed by atoms with van der Waals surface area (Å²) in [6.07, 6.45) is 0. The van der Waals surface area contributed by atoms with Crippen LogP contribution in [0.2, 0.25) is 0 Å². The molecule has 0 spiro atoms. The molecule has 1 N–H and O–H groups in total. The Morgan fingerprint density at radius 1 is 1.64 bits per heavy atom. The van der Waals surface area contributed by atoms with Crippen molar-refractivity contribution in [2.45, 2.75) is 0 Å². The lowest BCUT2D eigenvalue weighted by atomic mass is 10.4. The molecular weight excluding hydrogens is 299 g/mol. The van der Waals surface area contributed by atoms with Gasteiger partial charge in [-0.25, -0.2) is 0 Å². The van der Waals surface area contributed by atoms with Gasteiger partial charge in [-0.1, -0.05) is 23.2 Å². The molecule has 5 nitrogen and oxygen atoms in total. The van der Waals surface area contributed by atoms with E-state index in [1.54, 1.807) is 0 Å². The minimum Gasteiger partial charge on any atom is -0.472 e. The van der Waals surface area contributed by atoms with Crippen molar-refractivity contribution in [3.05, 3.63) is 30.7 Å². The number of ether oxygens (including phenoxy) is 1. The largest absolute Gasteiger partial charge is 0.472 e. The zero-order chi connectivity index (χ0) is 10.7. The van der Waals surface area contributed by atoms with Crippen molar-refractivity contribution in [1.82, 2.24) is 5.32 Å². The van der Waals surface area contributed by atoms with Crippen LogP contribution in [-0.4, -0.2) is 18.1 Å². The van der Waals surface area contributed by atoms with E-state index in [0.29, 0.717) is 13.2 Å². The number of hydrogen-bond acceptors (Lipinski definition) is 4. The average molecular weight is 304 g/mol. The second kappa shape index (κ2) is 4.86. The quantitative estimate of drug-likeness (QED) is 0.627. The molecule has 0 aromatic heterocycles. The third-order valence-electron chi connectivity index (χ3n) is 1.41. The second-order valence-corrected chi connectivity index (χ2v) is 4.29. The molecule has 1 aliphatic rings. The molecule has 0 bridgehead atoms. The molecule has 1 fully saturated rings. The second-order valence-electron chi connectivity index (χ2n) is 2.28. The van der Waals surface area contributed by atoms with Crippen molar-refractivity contribution in [1.29, 1.82) is 0 Å².